The zero-order chi connectivity index (χ0) is 23.8. The summed E-state index contributed by atoms with van der Waals surface area (Å²) < 4.78 is 13.8. The van der Waals surface area contributed by atoms with Gasteiger partial charge in [0.05, 0.1) is 17.6 Å². The van der Waals surface area contributed by atoms with E-state index in [2.05, 4.69) is 41.5 Å². The normalized spacial score (nSPS) is 11.3. The van der Waals surface area contributed by atoms with E-state index in [4.69, 9.17) is 20.8 Å². The minimum atomic E-state index is -1.19. The molecule has 5 aromatic rings. The van der Waals surface area contributed by atoms with E-state index < -0.39 is 5.97 Å². The molecule has 10 nitrogen and oxygen atoms in total. The maximum absolute atomic E-state index is 11.8. The monoisotopic (exact) mass is 542 g/mol. The standard InChI is InChI=1S/C22H16BrClN6O4/c1-2-33-22-25-19(24)17(21(31)32)30(22)10-11-7-8-15-14(9-11)16(23)18(34-15)12-5-3-4-6-13(12)20-26-28-29-27-20/h3-9H,2,10H2,1H3,(H,31,32)(H,26,27,28,29). The van der Waals surface area contributed by atoms with Crippen LogP contribution in [0.4, 0.5) is 0 Å². The Morgan fingerprint density at radius 3 is 2.76 bits per heavy atom. The number of nitrogens with zero attached hydrogens (tertiary/aromatic N) is 5. The van der Waals surface area contributed by atoms with Gasteiger partial charge < -0.3 is 14.3 Å². The van der Waals surface area contributed by atoms with Crippen LogP contribution in [0.5, 0.6) is 6.01 Å². The van der Waals surface area contributed by atoms with Crippen LogP contribution >= 0.6 is 27.5 Å². The summed E-state index contributed by atoms with van der Waals surface area (Å²) in [5.74, 6) is -0.126. The highest BCUT2D eigenvalue weighted by atomic mass is 79.9. The van der Waals surface area contributed by atoms with Crippen LogP contribution in [0.15, 0.2) is 51.4 Å². The van der Waals surface area contributed by atoms with E-state index in [-0.39, 0.29) is 23.4 Å². The van der Waals surface area contributed by atoms with Crippen molar-refractivity contribution in [1.29, 1.82) is 0 Å². The highest BCUT2D eigenvalue weighted by molar-refractivity contribution is 9.10. The Labute approximate surface area is 205 Å². The van der Waals surface area contributed by atoms with Gasteiger partial charge in [0.15, 0.2) is 10.8 Å². The van der Waals surface area contributed by atoms with Crippen LogP contribution in [0, 0.1) is 0 Å². The molecule has 0 unspecified atom stereocenters. The molecule has 0 amide bonds. The number of hydrogen-bond acceptors (Lipinski definition) is 7. The second-order valence-electron chi connectivity index (χ2n) is 7.21. The Kier molecular flexibility index (Phi) is 5.80. The first-order valence-electron chi connectivity index (χ1n) is 10.1. The summed E-state index contributed by atoms with van der Waals surface area (Å²) in [6.07, 6.45) is 0. The lowest BCUT2D eigenvalue weighted by Crippen LogP contribution is -2.12. The Hall–Kier alpha value is -3.70. The highest BCUT2D eigenvalue weighted by Crippen LogP contribution is 2.41. The quantitative estimate of drug-likeness (QED) is 0.292. The van der Waals surface area contributed by atoms with Crippen molar-refractivity contribution in [3.63, 3.8) is 0 Å². The number of benzene rings is 2. The summed E-state index contributed by atoms with van der Waals surface area (Å²) in [5, 5.41) is 24.6. The zero-order valence-corrected chi connectivity index (χ0v) is 20.0. The molecule has 12 heteroatoms. The molecule has 172 valence electrons. The number of fused-ring (bicyclic) bond motifs is 1. The van der Waals surface area contributed by atoms with Crippen LogP contribution in [0.25, 0.3) is 33.7 Å². The van der Waals surface area contributed by atoms with E-state index in [1.165, 1.54) is 4.57 Å². The number of imidazole rings is 1. The molecule has 3 heterocycles. The zero-order valence-electron chi connectivity index (χ0n) is 17.6. The number of H-pyrrole nitrogens is 1. The number of ether oxygens (including phenoxy) is 1. The Morgan fingerprint density at radius 2 is 2.06 bits per heavy atom. The number of halogens is 2. The van der Waals surface area contributed by atoms with Gasteiger partial charge in [0.25, 0.3) is 6.01 Å². The van der Waals surface area contributed by atoms with Crippen molar-refractivity contribution in [2.75, 3.05) is 6.61 Å². The summed E-state index contributed by atoms with van der Waals surface area (Å²) in [7, 11) is 0. The number of aromatic nitrogens is 6. The van der Waals surface area contributed by atoms with Gasteiger partial charge in [-0.05, 0) is 45.8 Å². The summed E-state index contributed by atoms with van der Waals surface area (Å²) in [6, 6.07) is 13.3. The van der Waals surface area contributed by atoms with E-state index in [0.717, 1.165) is 26.5 Å². The van der Waals surface area contributed by atoms with Gasteiger partial charge >= 0.3 is 5.97 Å². The molecular formula is C22H16BrClN6O4. The molecule has 0 saturated carbocycles. The average molecular weight is 544 g/mol. The predicted molar refractivity (Wildman–Crippen MR) is 127 cm³/mol. The molecule has 0 radical (unpaired) electrons. The van der Waals surface area contributed by atoms with Gasteiger partial charge in [-0.1, -0.05) is 41.9 Å². The molecule has 0 atom stereocenters. The van der Waals surface area contributed by atoms with Crippen LogP contribution in [0.2, 0.25) is 5.15 Å². The van der Waals surface area contributed by atoms with Crippen LogP contribution < -0.4 is 4.74 Å². The summed E-state index contributed by atoms with van der Waals surface area (Å²) in [6.45, 7) is 2.30. The molecule has 5 rings (SSSR count). The fourth-order valence-electron chi connectivity index (χ4n) is 3.71. The molecule has 0 bridgehead atoms. The summed E-state index contributed by atoms with van der Waals surface area (Å²) >= 11 is 9.73. The lowest BCUT2D eigenvalue weighted by atomic mass is 10.0. The Bertz CT molecular complexity index is 1510. The number of nitrogens with one attached hydrogen (secondary N) is 1. The van der Waals surface area contributed by atoms with Crippen molar-refractivity contribution in [3.8, 4) is 28.7 Å². The van der Waals surface area contributed by atoms with Gasteiger partial charge in [0.1, 0.15) is 11.3 Å². The number of rotatable bonds is 7. The molecule has 0 fully saturated rings. The van der Waals surface area contributed by atoms with Crippen LogP contribution in [-0.4, -0.2) is 47.9 Å². The average Bonchev–Trinajstić information content (AvgIpc) is 3.53. The third kappa shape index (κ3) is 3.82. The van der Waals surface area contributed by atoms with Crippen molar-refractivity contribution in [1.82, 2.24) is 30.2 Å². The van der Waals surface area contributed by atoms with Crippen molar-refractivity contribution < 1.29 is 19.1 Å². The maximum atomic E-state index is 11.8. The van der Waals surface area contributed by atoms with Gasteiger partial charge in [-0.2, -0.15) is 10.2 Å². The fourth-order valence-corrected chi connectivity index (χ4v) is 4.57. The smallest absolute Gasteiger partial charge is 0.355 e. The maximum Gasteiger partial charge on any atom is 0.355 e. The van der Waals surface area contributed by atoms with Crippen LogP contribution in [0.1, 0.15) is 23.0 Å². The number of carboxylic acids is 1. The number of aromatic carboxylic acids is 1. The Balaban J connectivity index is 1.58. The number of aromatic amines is 1. The molecule has 0 aliphatic rings. The second-order valence-corrected chi connectivity index (χ2v) is 8.37. The van der Waals surface area contributed by atoms with E-state index in [0.29, 0.717) is 23.8 Å². The number of furan rings is 1. The predicted octanol–water partition coefficient (Wildman–Crippen LogP) is 5.04. The van der Waals surface area contributed by atoms with Crippen LogP contribution in [0.3, 0.4) is 0 Å². The lowest BCUT2D eigenvalue weighted by Gasteiger charge is -2.10. The van der Waals surface area contributed by atoms with E-state index in [1.807, 2.05) is 42.5 Å². The van der Waals surface area contributed by atoms with Crippen molar-refractivity contribution in [2.45, 2.75) is 13.5 Å². The first kappa shape index (κ1) is 22.1. The molecule has 34 heavy (non-hydrogen) atoms. The number of tetrazole rings is 1. The van der Waals surface area contributed by atoms with Gasteiger partial charge in [-0.3, -0.25) is 4.57 Å². The molecule has 3 aromatic heterocycles. The van der Waals surface area contributed by atoms with Gasteiger partial charge in [0, 0.05) is 16.5 Å². The topological polar surface area (TPSA) is 132 Å². The first-order valence-corrected chi connectivity index (χ1v) is 11.3. The van der Waals surface area contributed by atoms with Crippen LogP contribution in [-0.2, 0) is 6.54 Å². The second kappa shape index (κ2) is 8.92. The number of carboxylic acid groups (broad SMARTS) is 1. The third-order valence-corrected chi connectivity index (χ3v) is 6.21. The minimum absolute atomic E-state index is 0.123. The molecule has 2 N–H and O–H groups in total. The molecule has 2 aromatic carbocycles. The Morgan fingerprint density at radius 1 is 1.26 bits per heavy atom. The summed E-state index contributed by atoms with van der Waals surface area (Å²) in [5.41, 5.74) is 2.88. The van der Waals surface area contributed by atoms with Crippen molar-refractivity contribution >= 4 is 44.5 Å². The molecule has 0 aliphatic heterocycles. The van der Waals surface area contributed by atoms with Gasteiger partial charge in [0.2, 0.25) is 5.82 Å². The van der Waals surface area contributed by atoms with E-state index in [9.17, 15) is 9.90 Å². The molecule has 0 saturated heterocycles. The largest absolute Gasteiger partial charge is 0.476 e. The minimum Gasteiger partial charge on any atom is -0.476 e. The molecular weight excluding hydrogens is 528 g/mol. The summed E-state index contributed by atoms with van der Waals surface area (Å²) in [4.78, 5) is 15.8. The lowest BCUT2D eigenvalue weighted by molar-refractivity contribution is 0.0684. The van der Waals surface area contributed by atoms with E-state index >= 15 is 0 Å². The fraction of sp³-hybridized carbons (Fsp3) is 0.136. The van der Waals surface area contributed by atoms with Gasteiger partial charge in [-0.25, -0.2) is 4.79 Å². The number of hydrogen-bond donors (Lipinski definition) is 2. The first-order chi connectivity index (χ1) is 16.5. The number of carbonyl (C=O) groups is 1. The molecule has 0 aliphatic carbocycles. The SMILES string of the molecule is CCOc1nc(Cl)c(C(=O)O)n1Cc1ccc2oc(-c3ccccc3-c3nn[nH]n3)c(Br)c2c1. The highest BCUT2D eigenvalue weighted by Gasteiger charge is 2.24. The third-order valence-electron chi connectivity index (χ3n) is 5.16. The molecule has 0 spiro atoms. The van der Waals surface area contributed by atoms with Crippen molar-refractivity contribution in [3.05, 3.63) is 63.3 Å². The van der Waals surface area contributed by atoms with Crippen molar-refractivity contribution in [2.24, 2.45) is 0 Å². The van der Waals surface area contributed by atoms with E-state index in [1.54, 1.807) is 6.92 Å². The van der Waals surface area contributed by atoms with Gasteiger partial charge in [-0.15, -0.1) is 10.2 Å².